The molecule has 0 N–H and O–H groups in total. The van der Waals surface area contributed by atoms with E-state index in [-0.39, 0.29) is 0 Å². The van der Waals surface area contributed by atoms with Crippen LogP contribution >= 0.6 is 15.9 Å². The zero-order valence-electron chi connectivity index (χ0n) is 5.34. The summed E-state index contributed by atoms with van der Waals surface area (Å²) in [6.07, 6.45) is 1.58. The van der Waals surface area contributed by atoms with Crippen molar-refractivity contribution < 1.29 is 9.63 Å². The fraction of sp³-hybridized carbons (Fsp3) is 0.800. The van der Waals surface area contributed by atoms with E-state index in [1.807, 2.05) is 0 Å². The van der Waals surface area contributed by atoms with Crippen LogP contribution in [-0.4, -0.2) is 30.5 Å². The highest BCUT2D eigenvalue weighted by atomic mass is 79.9. The van der Waals surface area contributed by atoms with Crippen molar-refractivity contribution in [2.45, 2.75) is 6.42 Å². The highest BCUT2D eigenvalue weighted by molar-refractivity contribution is 9.09. The second-order valence-electron chi connectivity index (χ2n) is 1.47. The van der Waals surface area contributed by atoms with Crippen molar-refractivity contribution >= 4 is 22.3 Å². The van der Waals surface area contributed by atoms with E-state index in [1.165, 1.54) is 12.2 Å². The number of nitrogens with zero attached hydrogens (tertiary/aromatic N) is 1. The molecule has 0 aliphatic rings. The van der Waals surface area contributed by atoms with Gasteiger partial charge in [-0.1, -0.05) is 15.9 Å². The number of carbonyl (C=O) groups excluding carboxylic acids is 1. The normalized spacial score (nSPS) is 9.11. The van der Waals surface area contributed by atoms with E-state index < -0.39 is 0 Å². The first kappa shape index (κ1) is 8.91. The topological polar surface area (TPSA) is 29.5 Å². The maximum Gasteiger partial charge on any atom is 0.233 e. The van der Waals surface area contributed by atoms with E-state index in [4.69, 9.17) is 0 Å². The van der Waals surface area contributed by atoms with E-state index in [9.17, 15) is 4.79 Å². The predicted octanol–water partition coefficient (Wildman–Crippen LogP) is 0.791. The highest BCUT2D eigenvalue weighted by Crippen LogP contribution is 1.90. The minimum absolute atomic E-state index is 0.644. The van der Waals surface area contributed by atoms with Gasteiger partial charge in [0.1, 0.15) is 0 Å². The van der Waals surface area contributed by atoms with Gasteiger partial charge in [0.2, 0.25) is 6.41 Å². The van der Waals surface area contributed by atoms with Gasteiger partial charge in [-0.15, -0.1) is 0 Å². The second kappa shape index (κ2) is 6.04. The number of rotatable bonds is 5. The summed E-state index contributed by atoms with van der Waals surface area (Å²) in [5, 5.41) is 2.14. The zero-order valence-corrected chi connectivity index (χ0v) is 6.93. The molecule has 0 bridgehead atoms. The first-order chi connectivity index (χ1) is 4.35. The Labute approximate surface area is 63.1 Å². The smallest absolute Gasteiger partial charge is 0.233 e. The van der Waals surface area contributed by atoms with Gasteiger partial charge in [0.05, 0.1) is 7.11 Å². The molecule has 0 aromatic carbocycles. The molecular weight excluding hydrogens is 186 g/mol. The molecule has 0 unspecified atom stereocenters. The number of alkyl halides is 1. The molecule has 0 saturated carbocycles. The lowest BCUT2D eigenvalue weighted by molar-refractivity contribution is -0.160. The first-order valence-corrected chi connectivity index (χ1v) is 3.79. The van der Waals surface area contributed by atoms with Crippen molar-refractivity contribution in [3.05, 3.63) is 0 Å². The Morgan fingerprint density at radius 2 is 2.44 bits per heavy atom. The van der Waals surface area contributed by atoms with Crippen molar-refractivity contribution in [1.29, 1.82) is 0 Å². The number of halogens is 1. The molecule has 0 heterocycles. The van der Waals surface area contributed by atoms with Gasteiger partial charge in [-0.25, -0.2) is 5.06 Å². The van der Waals surface area contributed by atoms with Gasteiger partial charge in [-0.2, -0.15) is 0 Å². The summed E-state index contributed by atoms with van der Waals surface area (Å²) in [4.78, 5) is 14.7. The van der Waals surface area contributed by atoms with E-state index in [1.54, 1.807) is 0 Å². The monoisotopic (exact) mass is 195 g/mol. The van der Waals surface area contributed by atoms with Crippen molar-refractivity contribution in [3.8, 4) is 0 Å². The van der Waals surface area contributed by atoms with Gasteiger partial charge < -0.3 is 0 Å². The summed E-state index contributed by atoms with van der Waals surface area (Å²) in [7, 11) is 1.47. The summed E-state index contributed by atoms with van der Waals surface area (Å²) in [5.74, 6) is 0. The Morgan fingerprint density at radius 3 is 2.78 bits per heavy atom. The molecule has 3 nitrogen and oxygen atoms in total. The lowest BCUT2D eigenvalue weighted by atomic mass is 10.5. The summed E-state index contributed by atoms with van der Waals surface area (Å²) in [6.45, 7) is 0.644. The second-order valence-corrected chi connectivity index (χ2v) is 2.26. The highest BCUT2D eigenvalue weighted by Gasteiger charge is 1.95. The van der Waals surface area contributed by atoms with Crippen LogP contribution < -0.4 is 0 Å². The van der Waals surface area contributed by atoms with Gasteiger partial charge in [0, 0.05) is 11.9 Å². The summed E-state index contributed by atoms with van der Waals surface area (Å²) < 4.78 is 0. The molecular formula is C5H10BrNO2. The molecule has 0 aromatic heterocycles. The Morgan fingerprint density at radius 1 is 1.78 bits per heavy atom. The van der Waals surface area contributed by atoms with E-state index >= 15 is 0 Å². The SMILES string of the molecule is CON(C=O)CCCBr. The quantitative estimate of drug-likeness (QED) is 0.369. The molecule has 0 atom stereocenters. The minimum Gasteiger partial charge on any atom is -0.276 e. The maximum atomic E-state index is 10.0. The number of hydrogen-bond donors (Lipinski definition) is 0. The van der Waals surface area contributed by atoms with Crippen LogP contribution in [-0.2, 0) is 9.63 Å². The summed E-state index contributed by atoms with van der Waals surface area (Å²) in [5.41, 5.74) is 0. The molecule has 0 radical (unpaired) electrons. The van der Waals surface area contributed by atoms with Crippen LogP contribution in [0.2, 0.25) is 0 Å². The Kier molecular flexibility index (Phi) is 5.98. The van der Waals surface area contributed by atoms with Crippen molar-refractivity contribution in [3.63, 3.8) is 0 Å². The van der Waals surface area contributed by atoms with Crippen LogP contribution in [0.1, 0.15) is 6.42 Å². The molecule has 0 saturated heterocycles. The maximum absolute atomic E-state index is 10.0. The van der Waals surface area contributed by atoms with Crippen molar-refractivity contribution in [1.82, 2.24) is 5.06 Å². The van der Waals surface area contributed by atoms with Crippen LogP contribution in [0, 0.1) is 0 Å². The number of hydrogen-bond acceptors (Lipinski definition) is 2. The molecule has 0 spiro atoms. The fourth-order valence-corrected chi connectivity index (χ4v) is 0.653. The third-order valence-corrected chi connectivity index (χ3v) is 1.42. The third-order valence-electron chi connectivity index (χ3n) is 0.864. The number of amides is 1. The minimum atomic E-state index is 0.644. The van der Waals surface area contributed by atoms with E-state index in [0.29, 0.717) is 13.0 Å². The van der Waals surface area contributed by atoms with Gasteiger partial charge in [0.25, 0.3) is 0 Å². The Hall–Kier alpha value is -0.0900. The van der Waals surface area contributed by atoms with E-state index in [2.05, 4.69) is 20.8 Å². The van der Waals surface area contributed by atoms with Gasteiger partial charge in [-0.3, -0.25) is 9.63 Å². The van der Waals surface area contributed by atoms with Crippen LogP contribution in [0.15, 0.2) is 0 Å². The molecule has 4 heteroatoms. The Balaban J connectivity index is 3.20. The lowest BCUT2D eigenvalue weighted by Gasteiger charge is -2.11. The van der Waals surface area contributed by atoms with Crippen molar-refractivity contribution in [2.75, 3.05) is 19.0 Å². The average Bonchev–Trinajstić information content (AvgIpc) is 1.91. The predicted molar refractivity (Wildman–Crippen MR) is 38.2 cm³/mol. The standard InChI is InChI=1S/C5H10BrNO2/c1-9-7(5-8)4-2-3-6/h5H,2-4H2,1H3. The Bertz CT molecular complexity index is 79.4. The molecule has 0 aliphatic heterocycles. The fourth-order valence-electron chi connectivity index (χ4n) is 0.403. The van der Waals surface area contributed by atoms with Gasteiger partial charge >= 0.3 is 0 Å². The number of hydroxylamine groups is 2. The summed E-state index contributed by atoms with van der Waals surface area (Å²) >= 11 is 3.24. The molecule has 9 heavy (non-hydrogen) atoms. The molecule has 54 valence electrons. The molecule has 1 amide bonds. The largest absolute Gasteiger partial charge is 0.276 e. The molecule has 0 aliphatic carbocycles. The average molecular weight is 196 g/mol. The van der Waals surface area contributed by atoms with Crippen molar-refractivity contribution in [2.24, 2.45) is 0 Å². The van der Waals surface area contributed by atoms with Gasteiger partial charge in [-0.05, 0) is 6.42 Å². The third kappa shape index (κ3) is 4.42. The van der Waals surface area contributed by atoms with E-state index in [0.717, 1.165) is 11.8 Å². The first-order valence-electron chi connectivity index (χ1n) is 2.67. The van der Waals surface area contributed by atoms with Crippen LogP contribution in [0.5, 0.6) is 0 Å². The molecule has 0 rings (SSSR count). The van der Waals surface area contributed by atoms with Crippen LogP contribution in [0.4, 0.5) is 0 Å². The van der Waals surface area contributed by atoms with Crippen LogP contribution in [0.3, 0.4) is 0 Å². The lowest BCUT2D eigenvalue weighted by Crippen LogP contribution is -2.21. The number of carbonyl (C=O) groups is 1. The van der Waals surface area contributed by atoms with Gasteiger partial charge in [0.15, 0.2) is 0 Å². The zero-order chi connectivity index (χ0) is 7.11. The molecule has 0 aromatic rings. The van der Waals surface area contributed by atoms with Crippen LogP contribution in [0.25, 0.3) is 0 Å². The summed E-state index contributed by atoms with van der Waals surface area (Å²) in [6, 6.07) is 0. The molecule has 0 fully saturated rings.